The number of hydrogen-bond donors (Lipinski definition) is 1. The molecule has 1 unspecified atom stereocenters. The van der Waals surface area contributed by atoms with Crippen LogP contribution in [-0.2, 0) is 16.0 Å². The number of benzene rings is 1. The molecule has 1 N–H and O–H groups in total. The van der Waals surface area contributed by atoms with Gasteiger partial charge in [-0.25, -0.2) is 4.39 Å². The normalized spacial score (nSPS) is 34.7. The smallest absolute Gasteiger partial charge is 0.225 e. The Morgan fingerprint density at radius 1 is 1.29 bits per heavy atom. The molecule has 28 heavy (non-hydrogen) atoms. The van der Waals surface area contributed by atoms with Crippen LogP contribution in [0.2, 0.25) is 0 Å². The number of ether oxygens (including phenoxy) is 1. The van der Waals surface area contributed by atoms with E-state index in [0.29, 0.717) is 12.3 Å². The maximum Gasteiger partial charge on any atom is 0.225 e. The maximum absolute atomic E-state index is 13.5. The van der Waals surface area contributed by atoms with E-state index in [4.69, 9.17) is 4.74 Å². The topological polar surface area (TPSA) is 58.6 Å². The standard InChI is InChI=1S/C22H27FN2O3/c1-21(11-14-10-17(23)2-3-18(14)28-21)16-5-8-25(9-6-16)20(27)15-12-22(13-15)7-4-19(26)24-22/h2-3,10,15-16H,4-9,11-13H2,1H3,(H,24,26)/t15-,21?,22+. The molecule has 1 aromatic rings. The first kappa shape index (κ1) is 18.0. The van der Waals surface area contributed by atoms with E-state index >= 15 is 0 Å². The zero-order chi connectivity index (χ0) is 19.5. The number of rotatable bonds is 2. The second kappa shape index (κ2) is 6.19. The number of piperidine rings is 1. The summed E-state index contributed by atoms with van der Waals surface area (Å²) in [5.41, 5.74) is 0.529. The molecule has 0 bridgehead atoms. The lowest BCUT2D eigenvalue weighted by Crippen LogP contribution is -2.58. The van der Waals surface area contributed by atoms with Crippen molar-refractivity contribution in [3.8, 4) is 5.75 Å². The van der Waals surface area contributed by atoms with E-state index in [1.165, 1.54) is 6.07 Å². The fourth-order valence-electron chi connectivity index (χ4n) is 5.79. The molecule has 2 amide bonds. The van der Waals surface area contributed by atoms with Crippen LogP contribution >= 0.6 is 0 Å². The molecule has 1 aromatic carbocycles. The largest absolute Gasteiger partial charge is 0.487 e. The molecule has 5 rings (SSSR count). The number of hydrogen-bond acceptors (Lipinski definition) is 3. The molecular formula is C22H27FN2O3. The van der Waals surface area contributed by atoms with Crippen LogP contribution in [0.25, 0.3) is 0 Å². The second-order valence-corrected chi connectivity index (χ2v) is 9.38. The Labute approximate surface area is 164 Å². The molecule has 0 aromatic heterocycles. The first-order valence-corrected chi connectivity index (χ1v) is 10.4. The summed E-state index contributed by atoms with van der Waals surface area (Å²) in [6.45, 7) is 3.62. The van der Waals surface area contributed by atoms with E-state index in [1.807, 2.05) is 4.90 Å². The molecule has 1 spiro atoms. The van der Waals surface area contributed by atoms with Crippen molar-refractivity contribution in [3.05, 3.63) is 29.6 Å². The van der Waals surface area contributed by atoms with E-state index in [9.17, 15) is 14.0 Å². The minimum atomic E-state index is -0.320. The van der Waals surface area contributed by atoms with Gasteiger partial charge in [-0.2, -0.15) is 0 Å². The molecule has 150 valence electrons. The SMILES string of the molecule is CC1(C2CCN(C(=O)[C@H]3C[C@]4(CCC(=O)N4)C3)CC2)Cc2cc(F)ccc2O1. The summed E-state index contributed by atoms with van der Waals surface area (Å²) in [5, 5.41) is 3.06. The van der Waals surface area contributed by atoms with Crippen molar-refractivity contribution in [2.24, 2.45) is 11.8 Å². The first-order chi connectivity index (χ1) is 13.4. The number of carbonyl (C=O) groups is 2. The summed E-state index contributed by atoms with van der Waals surface area (Å²) in [7, 11) is 0. The van der Waals surface area contributed by atoms with Gasteiger partial charge in [-0.05, 0) is 57.2 Å². The Kier molecular flexibility index (Phi) is 3.97. The lowest BCUT2D eigenvalue weighted by atomic mass is 9.67. The van der Waals surface area contributed by atoms with E-state index in [2.05, 4.69) is 12.2 Å². The van der Waals surface area contributed by atoms with Gasteiger partial charge < -0.3 is 15.0 Å². The summed E-state index contributed by atoms with van der Waals surface area (Å²) < 4.78 is 19.7. The average Bonchev–Trinajstić information content (AvgIpc) is 3.20. The highest BCUT2D eigenvalue weighted by Gasteiger charge is 2.52. The van der Waals surface area contributed by atoms with Gasteiger partial charge in [0.05, 0.1) is 0 Å². The summed E-state index contributed by atoms with van der Waals surface area (Å²) in [6.07, 6.45) is 5.59. The van der Waals surface area contributed by atoms with Gasteiger partial charge in [0.2, 0.25) is 11.8 Å². The lowest BCUT2D eigenvalue weighted by molar-refractivity contribution is -0.144. The average molecular weight is 386 g/mol. The first-order valence-electron chi connectivity index (χ1n) is 10.4. The molecule has 4 aliphatic rings. The Bertz CT molecular complexity index is 827. The third-order valence-corrected chi connectivity index (χ3v) is 7.44. The van der Waals surface area contributed by atoms with Crippen LogP contribution in [-0.4, -0.2) is 40.9 Å². The van der Waals surface area contributed by atoms with Crippen LogP contribution < -0.4 is 10.1 Å². The summed E-state index contributed by atoms with van der Waals surface area (Å²) >= 11 is 0. The van der Waals surface area contributed by atoms with E-state index in [0.717, 1.165) is 62.9 Å². The Morgan fingerprint density at radius 3 is 2.71 bits per heavy atom. The van der Waals surface area contributed by atoms with Gasteiger partial charge in [0.1, 0.15) is 17.2 Å². The van der Waals surface area contributed by atoms with Crippen molar-refractivity contribution in [1.82, 2.24) is 10.2 Å². The number of carbonyl (C=O) groups excluding carboxylic acids is 2. The summed E-state index contributed by atoms with van der Waals surface area (Å²) in [4.78, 5) is 26.3. The highest BCUT2D eigenvalue weighted by molar-refractivity contribution is 5.83. The predicted molar refractivity (Wildman–Crippen MR) is 101 cm³/mol. The van der Waals surface area contributed by atoms with Crippen LogP contribution in [0.4, 0.5) is 4.39 Å². The number of amides is 2. The molecular weight excluding hydrogens is 359 g/mol. The highest BCUT2D eigenvalue weighted by atomic mass is 19.1. The highest BCUT2D eigenvalue weighted by Crippen LogP contribution is 2.46. The van der Waals surface area contributed by atoms with Gasteiger partial charge in [-0.1, -0.05) is 0 Å². The van der Waals surface area contributed by atoms with Crippen molar-refractivity contribution in [2.75, 3.05) is 13.1 Å². The molecule has 3 fully saturated rings. The Hall–Kier alpha value is -2.11. The monoisotopic (exact) mass is 386 g/mol. The van der Waals surface area contributed by atoms with Crippen molar-refractivity contribution >= 4 is 11.8 Å². The zero-order valence-corrected chi connectivity index (χ0v) is 16.3. The van der Waals surface area contributed by atoms with Crippen LogP contribution in [0.3, 0.4) is 0 Å². The number of nitrogens with one attached hydrogen (secondary N) is 1. The molecule has 3 heterocycles. The number of nitrogens with zero attached hydrogens (tertiary/aromatic N) is 1. The molecule has 2 saturated heterocycles. The molecule has 3 aliphatic heterocycles. The van der Waals surface area contributed by atoms with Crippen LogP contribution in [0.5, 0.6) is 5.75 Å². The minimum absolute atomic E-state index is 0.0560. The van der Waals surface area contributed by atoms with Crippen molar-refractivity contribution in [2.45, 2.75) is 63.0 Å². The van der Waals surface area contributed by atoms with Gasteiger partial charge in [0, 0.05) is 48.9 Å². The Balaban J connectivity index is 1.16. The predicted octanol–water partition coefficient (Wildman–Crippen LogP) is 2.82. The van der Waals surface area contributed by atoms with E-state index < -0.39 is 0 Å². The molecule has 1 aliphatic carbocycles. The maximum atomic E-state index is 13.5. The number of likely N-dealkylation sites (tertiary alicyclic amines) is 1. The molecule has 6 heteroatoms. The molecule has 1 atom stereocenters. The van der Waals surface area contributed by atoms with Crippen LogP contribution in [0, 0.1) is 17.7 Å². The number of fused-ring (bicyclic) bond motifs is 1. The van der Waals surface area contributed by atoms with Crippen molar-refractivity contribution in [1.29, 1.82) is 0 Å². The molecule has 5 nitrogen and oxygen atoms in total. The zero-order valence-electron chi connectivity index (χ0n) is 16.3. The lowest BCUT2D eigenvalue weighted by Gasteiger charge is -2.47. The molecule has 0 radical (unpaired) electrons. The van der Waals surface area contributed by atoms with Gasteiger partial charge >= 0.3 is 0 Å². The van der Waals surface area contributed by atoms with E-state index in [1.54, 1.807) is 12.1 Å². The fraction of sp³-hybridized carbons (Fsp3) is 0.636. The van der Waals surface area contributed by atoms with Gasteiger partial charge in [0.15, 0.2) is 0 Å². The van der Waals surface area contributed by atoms with Crippen molar-refractivity contribution < 1.29 is 18.7 Å². The van der Waals surface area contributed by atoms with Crippen LogP contribution in [0.15, 0.2) is 18.2 Å². The third kappa shape index (κ3) is 2.88. The van der Waals surface area contributed by atoms with Gasteiger partial charge in [-0.3, -0.25) is 9.59 Å². The quantitative estimate of drug-likeness (QED) is 0.850. The fourth-order valence-corrected chi connectivity index (χ4v) is 5.79. The molecule has 1 saturated carbocycles. The Morgan fingerprint density at radius 2 is 2.04 bits per heavy atom. The minimum Gasteiger partial charge on any atom is -0.487 e. The number of halogens is 1. The van der Waals surface area contributed by atoms with Gasteiger partial charge in [0.25, 0.3) is 0 Å². The third-order valence-electron chi connectivity index (χ3n) is 7.44. The van der Waals surface area contributed by atoms with Crippen molar-refractivity contribution in [3.63, 3.8) is 0 Å². The van der Waals surface area contributed by atoms with E-state index in [-0.39, 0.29) is 34.7 Å². The second-order valence-electron chi connectivity index (χ2n) is 9.38. The summed E-state index contributed by atoms with van der Waals surface area (Å²) in [6, 6.07) is 4.75. The van der Waals surface area contributed by atoms with Gasteiger partial charge in [-0.15, -0.1) is 0 Å². The summed E-state index contributed by atoms with van der Waals surface area (Å²) in [5.74, 6) is 1.35. The van der Waals surface area contributed by atoms with Crippen LogP contribution in [0.1, 0.15) is 51.0 Å².